The Morgan fingerprint density at radius 1 is 1.24 bits per heavy atom. The lowest BCUT2D eigenvalue weighted by molar-refractivity contribution is 0.0732. The number of amides is 1. The van der Waals surface area contributed by atoms with Crippen molar-refractivity contribution in [3.8, 4) is 11.3 Å². The van der Waals surface area contributed by atoms with Crippen molar-refractivity contribution in [3.05, 3.63) is 41.1 Å². The number of aromatic nitrogens is 1. The number of likely N-dealkylation sites (tertiary alicyclic amines) is 1. The first-order chi connectivity index (χ1) is 12.2. The molecule has 2 aromatic rings. The van der Waals surface area contributed by atoms with Crippen LogP contribution in [0.25, 0.3) is 11.3 Å². The standard InChI is InChI=1S/C18H21ClN4O2/c19-14-3-1-2-13(10-14)16-11-17(25-21-16)18(24)23-7-4-15(12-23)22-8-5-20-6-9-22/h1-3,10-11,15,20H,4-9,12H2. The van der Waals surface area contributed by atoms with Crippen molar-refractivity contribution >= 4 is 17.5 Å². The summed E-state index contributed by atoms with van der Waals surface area (Å²) in [4.78, 5) is 17.1. The van der Waals surface area contributed by atoms with Crippen LogP contribution in [0.2, 0.25) is 5.02 Å². The van der Waals surface area contributed by atoms with Gasteiger partial charge in [0.25, 0.3) is 5.91 Å². The first-order valence-electron chi connectivity index (χ1n) is 8.67. The van der Waals surface area contributed by atoms with Gasteiger partial charge in [0.1, 0.15) is 5.69 Å². The largest absolute Gasteiger partial charge is 0.350 e. The second-order valence-electron chi connectivity index (χ2n) is 6.57. The third-order valence-electron chi connectivity index (χ3n) is 4.96. The second kappa shape index (κ2) is 7.15. The first kappa shape index (κ1) is 16.6. The maximum atomic E-state index is 12.7. The summed E-state index contributed by atoms with van der Waals surface area (Å²) in [5.41, 5.74) is 1.47. The highest BCUT2D eigenvalue weighted by atomic mass is 35.5. The van der Waals surface area contributed by atoms with Gasteiger partial charge in [0.05, 0.1) is 0 Å². The minimum Gasteiger partial charge on any atom is -0.350 e. The topological polar surface area (TPSA) is 61.6 Å². The van der Waals surface area contributed by atoms with E-state index in [4.69, 9.17) is 16.1 Å². The molecule has 25 heavy (non-hydrogen) atoms. The highest BCUT2D eigenvalue weighted by molar-refractivity contribution is 6.30. The van der Waals surface area contributed by atoms with Crippen LogP contribution in [0.3, 0.4) is 0 Å². The summed E-state index contributed by atoms with van der Waals surface area (Å²) in [6, 6.07) is 9.51. The van der Waals surface area contributed by atoms with Crippen LogP contribution in [0.5, 0.6) is 0 Å². The van der Waals surface area contributed by atoms with Crippen LogP contribution in [0.4, 0.5) is 0 Å². The van der Waals surface area contributed by atoms with Crippen LogP contribution in [-0.4, -0.2) is 66.2 Å². The number of hydrogen-bond acceptors (Lipinski definition) is 5. The minimum atomic E-state index is -0.0848. The Morgan fingerprint density at radius 3 is 2.88 bits per heavy atom. The number of rotatable bonds is 3. The maximum Gasteiger partial charge on any atom is 0.292 e. The van der Waals surface area contributed by atoms with Crippen molar-refractivity contribution in [1.29, 1.82) is 0 Å². The molecule has 0 aliphatic carbocycles. The molecule has 2 aliphatic heterocycles. The van der Waals surface area contributed by atoms with Gasteiger partial charge >= 0.3 is 0 Å². The quantitative estimate of drug-likeness (QED) is 0.908. The van der Waals surface area contributed by atoms with Gasteiger partial charge in [0.2, 0.25) is 5.76 Å². The van der Waals surface area contributed by atoms with Crippen LogP contribution in [0.1, 0.15) is 17.0 Å². The van der Waals surface area contributed by atoms with Crippen molar-refractivity contribution in [2.75, 3.05) is 39.3 Å². The molecule has 132 valence electrons. The Labute approximate surface area is 151 Å². The van der Waals surface area contributed by atoms with Gasteiger partial charge in [0.15, 0.2) is 0 Å². The number of piperazine rings is 1. The molecule has 0 bridgehead atoms. The predicted octanol–water partition coefficient (Wildman–Crippen LogP) is 2.11. The Morgan fingerprint density at radius 2 is 2.08 bits per heavy atom. The van der Waals surface area contributed by atoms with Crippen molar-refractivity contribution in [2.45, 2.75) is 12.5 Å². The molecular weight excluding hydrogens is 340 g/mol. The molecule has 2 saturated heterocycles. The maximum absolute atomic E-state index is 12.7. The average molecular weight is 361 g/mol. The number of halogens is 1. The molecule has 2 aliphatic rings. The lowest BCUT2D eigenvalue weighted by Gasteiger charge is -2.32. The van der Waals surface area contributed by atoms with Crippen LogP contribution < -0.4 is 5.32 Å². The Hall–Kier alpha value is -1.89. The number of carbonyl (C=O) groups is 1. The van der Waals surface area contributed by atoms with Crippen LogP contribution in [0, 0.1) is 0 Å². The summed E-state index contributed by atoms with van der Waals surface area (Å²) in [5.74, 6) is 0.203. The van der Waals surface area contributed by atoms with Gasteiger partial charge in [-0.05, 0) is 18.6 Å². The fraction of sp³-hybridized carbons (Fsp3) is 0.444. The van der Waals surface area contributed by atoms with Gasteiger partial charge < -0.3 is 14.7 Å². The van der Waals surface area contributed by atoms with E-state index >= 15 is 0 Å². The van der Waals surface area contributed by atoms with Crippen molar-refractivity contribution in [2.24, 2.45) is 0 Å². The fourth-order valence-electron chi connectivity index (χ4n) is 3.59. The summed E-state index contributed by atoms with van der Waals surface area (Å²) in [5, 5.41) is 8.03. The highest BCUT2D eigenvalue weighted by Crippen LogP contribution is 2.24. The number of nitrogens with zero attached hydrogens (tertiary/aromatic N) is 3. The lowest BCUT2D eigenvalue weighted by atomic mass is 10.1. The molecule has 2 fully saturated rings. The second-order valence-corrected chi connectivity index (χ2v) is 7.00. The number of hydrogen-bond donors (Lipinski definition) is 1. The molecule has 1 aromatic heterocycles. The molecule has 1 amide bonds. The van der Waals surface area contributed by atoms with E-state index in [2.05, 4.69) is 15.4 Å². The molecule has 6 nitrogen and oxygen atoms in total. The van der Waals surface area contributed by atoms with E-state index in [9.17, 15) is 4.79 Å². The minimum absolute atomic E-state index is 0.0848. The third kappa shape index (κ3) is 3.56. The van der Waals surface area contributed by atoms with Crippen LogP contribution in [0.15, 0.2) is 34.9 Å². The monoisotopic (exact) mass is 360 g/mol. The molecule has 0 spiro atoms. The molecule has 1 aromatic carbocycles. The molecular formula is C18H21ClN4O2. The molecule has 4 rings (SSSR count). The van der Waals surface area contributed by atoms with Gasteiger partial charge in [-0.1, -0.05) is 28.9 Å². The lowest BCUT2D eigenvalue weighted by Crippen LogP contribution is -2.49. The third-order valence-corrected chi connectivity index (χ3v) is 5.19. The van der Waals surface area contributed by atoms with Crippen molar-refractivity contribution < 1.29 is 9.32 Å². The Bertz CT molecular complexity index is 757. The normalized spacial score (nSPS) is 21.6. The summed E-state index contributed by atoms with van der Waals surface area (Å²) in [7, 11) is 0. The van der Waals surface area contributed by atoms with E-state index in [1.165, 1.54) is 0 Å². The zero-order valence-electron chi connectivity index (χ0n) is 13.9. The highest BCUT2D eigenvalue weighted by Gasteiger charge is 2.32. The predicted molar refractivity (Wildman–Crippen MR) is 95.7 cm³/mol. The van der Waals surface area contributed by atoms with E-state index < -0.39 is 0 Å². The number of nitrogens with one attached hydrogen (secondary N) is 1. The van der Waals surface area contributed by atoms with Crippen molar-refractivity contribution in [1.82, 2.24) is 20.3 Å². The molecule has 1 N–H and O–H groups in total. The fourth-order valence-corrected chi connectivity index (χ4v) is 3.78. The van der Waals surface area contributed by atoms with Gasteiger partial charge in [-0.2, -0.15) is 0 Å². The zero-order chi connectivity index (χ0) is 17.2. The molecule has 7 heteroatoms. The smallest absolute Gasteiger partial charge is 0.292 e. The van der Waals surface area contributed by atoms with Gasteiger partial charge in [-0.25, -0.2) is 0 Å². The Kier molecular flexibility index (Phi) is 4.74. The number of benzene rings is 1. The summed E-state index contributed by atoms with van der Waals surface area (Å²) in [6.45, 7) is 5.67. The molecule has 1 atom stereocenters. The van der Waals surface area contributed by atoms with E-state index in [-0.39, 0.29) is 11.7 Å². The molecule has 0 saturated carbocycles. The van der Waals surface area contributed by atoms with E-state index in [0.29, 0.717) is 16.8 Å². The molecule has 0 radical (unpaired) electrons. The molecule has 3 heterocycles. The zero-order valence-corrected chi connectivity index (χ0v) is 14.7. The van der Waals surface area contributed by atoms with Crippen LogP contribution >= 0.6 is 11.6 Å². The summed E-state index contributed by atoms with van der Waals surface area (Å²) in [6.07, 6.45) is 1.01. The van der Waals surface area contributed by atoms with Gasteiger partial charge in [-0.3, -0.25) is 9.69 Å². The molecule has 1 unspecified atom stereocenters. The summed E-state index contributed by atoms with van der Waals surface area (Å²) >= 11 is 6.01. The average Bonchev–Trinajstić information content (AvgIpc) is 3.32. The van der Waals surface area contributed by atoms with Gasteiger partial charge in [-0.15, -0.1) is 0 Å². The Balaban J connectivity index is 1.43. The van der Waals surface area contributed by atoms with Crippen molar-refractivity contribution in [3.63, 3.8) is 0 Å². The first-order valence-corrected chi connectivity index (χ1v) is 9.05. The van der Waals surface area contributed by atoms with E-state index in [1.54, 1.807) is 12.1 Å². The van der Waals surface area contributed by atoms with E-state index in [0.717, 1.165) is 51.3 Å². The number of carbonyl (C=O) groups excluding carboxylic acids is 1. The summed E-state index contributed by atoms with van der Waals surface area (Å²) < 4.78 is 5.31. The SMILES string of the molecule is O=C(c1cc(-c2cccc(Cl)c2)no1)N1CCC(N2CCNCC2)C1. The van der Waals surface area contributed by atoms with E-state index in [1.807, 2.05) is 23.1 Å². The van der Waals surface area contributed by atoms with Crippen LogP contribution in [-0.2, 0) is 0 Å². The van der Waals surface area contributed by atoms with Gasteiger partial charge in [0, 0.05) is 62.0 Å².